The molecule has 0 saturated heterocycles. The van der Waals surface area contributed by atoms with Crippen molar-refractivity contribution in [3.8, 4) is 6.07 Å². The van der Waals surface area contributed by atoms with Crippen molar-refractivity contribution in [3.05, 3.63) is 41.5 Å². The summed E-state index contributed by atoms with van der Waals surface area (Å²) in [5, 5.41) is 8.67. The highest BCUT2D eigenvalue weighted by molar-refractivity contribution is 5.97. The largest absolute Gasteiger partial charge is 0.465 e. The van der Waals surface area contributed by atoms with Crippen LogP contribution in [0.4, 0.5) is 0 Å². The van der Waals surface area contributed by atoms with E-state index >= 15 is 0 Å². The lowest BCUT2D eigenvalue weighted by molar-refractivity contribution is -0.135. The van der Waals surface area contributed by atoms with E-state index in [1.807, 2.05) is 18.2 Å². The Labute approximate surface area is 82.2 Å². The molecule has 3 heteroatoms. The van der Waals surface area contributed by atoms with Gasteiger partial charge in [0.05, 0.1) is 7.11 Å². The minimum Gasteiger partial charge on any atom is -0.465 e. The second-order valence-corrected chi connectivity index (χ2v) is 2.57. The SMILES string of the molecule is COC(=O)/C(C#N)=C\c1ccccc1. The molecule has 0 spiro atoms. The van der Waals surface area contributed by atoms with E-state index in [-0.39, 0.29) is 5.57 Å². The van der Waals surface area contributed by atoms with Gasteiger partial charge in [0.2, 0.25) is 0 Å². The molecule has 0 N–H and O–H groups in total. The first-order valence-corrected chi connectivity index (χ1v) is 4.03. The van der Waals surface area contributed by atoms with Crippen molar-refractivity contribution >= 4 is 12.0 Å². The molecule has 0 radical (unpaired) electrons. The molecule has 70 valence electrons. The molecule has 0 heterocycles. The fourth-order valence-electron chi connectivity index (χ4n) is 0.963. The van der Waals surface area contributed by atoms with Crippen LogP contribution >= 0.6 is 0 Å². The minimum absolute atomic E-state index is 0.00120. The lowest BCUT2D eigenvalue weighted by Crippen LogP contribution is -2.02. The molecule has 1 rings (SSSR count). The zero-order valence-electron chi connectivity index (χ0n) is 7.73. The average molecular weight is 187 g/mol. The molecular formula is C11H9NO2. The Hall–Kier alpha value is -2.08. The average Bonchev–Trinajstić information content (AvgIpc) is 2.26. The number of hydrogen-bond acceptors (Lipinski definition) is 3. The number of rotatable bonds is 2. The van der Waals surface area contributed by atoms with Gasteiger partial charge < -0.3 is 4.74 Å². The highest BCUT2D eigenvalue weighted by atomic mass is 16.5. The molecule has 0 saturated carbocycles. The van der Waals surface area contributed by atoms with Crippen molar-refractivity contribution in [2.45, 2.75) is 0 Å². The summed E-state index contributed by atoms with van der Waals surface area (Å²) in [4.78, 5) is 11.0. The van der Waals surface area contributed by atoms with Crippen molar-refractivity contribution in [3.63, 3.8) is 0 Å². The summed E-state index contributed by atoms with van der Waals surface area (Å²) in [6.45, 7) is 0. The van der Waals surface area contributed by atoms with Crippen molar-refractivity contribution in [1.82, 2.24) is 0 Å². The number of methoxy groups -OCH3 is 1. The highest BCUT2D eigenvalue weighted by Crippen LogP contribution is 2.06. The number of ether oxygens (including phenoxy) is 1. The van der Waals surface area contributed by atoms with Gasteiger partial charge in [-0.1, -0.05) is 30.3 Å². The number of carbonyl (C=O) groups excluding carboxylic acids is 1. The molecular weight excluding hydrogens is 178 g/mol. The third kappa shape index (κ3) is 2.46. The molecule has 0 aliphatic rings. The molecule has 0 aliphatic carbocycles. The first-order valence-electron chi connectivity index (χ1n) is 4.03. The van der Waals surface area contributed by atoms with Crippen LogP contribution in [-0.2, 0) is 9.53 Å². The van der Waals surface area contributed by atoms with Crippen LogP contribution in [0.5, 0.6) is 0 Å². The van der Waals surface area contributed by atoms with Crippen LogP contribution in [0.15, 0.2) is 35.9 Å². The maximum atomic E-state index is 11.0. The second kappa shape index (κ2) is 4.83. The monoisotopic (exact) mass is 187 g/mol. The van der Waals surface area contributed by atoms with E-state index in [1.54, 1.807) is 18.2 Å². The Morgan fingerprint density at radius 2 is 2.07 bits per heavy atom. The smallest absolute Gasteiger partial charge is 0.348 e. The number of carbonyl (C=O) groups is 1. The van der Waals surface area contributed by atoms with E-state index in [9.17, 15) is 4.79 Å². The molecule has 0 atom stereocenters. The topological polar surface area (TPSA) is 50.1 Å². The first kappa shape index (κ1) is 10.0. The number of benzene rings is 1. The maximum Gasteiger partial charge on any atom is 0.348 e. The quantitative estimate of drug-likeness (QED) is 0.402. The zero-order chi connectivity index (χ0) is 10.4. The number of nitrogens with zero attached hydrogens (tertiary/aromatic N) is 1. The molecule has 0 bridgehead atoms. The van der Waals surface area contributed by atoms with Crippen LogP contribution in [-0.4, -0.2) is 13.1 Å². The van der Waals surface area contributed by atoms with Gasteiger partial charge in [-0.25, -0.2) is 4.79 Å². The Kier molecular flexibility index (Phi) is 3.45. The van der Waals surface area contributed by atoms with E-state index in [2.05, 4.69) is 4.74 Å². The van der Waals surface area contributed by atoms with Crippen LogP contribution < -0.4 is 0 Å². The van der Waals surface area contributed by atoms with Gasteiger partial charge in [0.1, 0.15) is 11.6 Å². The van der Waals surface area contributed by atoms with Gasteiger partial charge in [0.25, 0.3) is 0 Å². The van der Waals surface area contributed by atoms with Crippen LogP contribution in [0.3, 0.4) is 0 Å². The van der Waals surface area contributed by atoms with Gasteiger partial charge in [-0.2, -0.15) is 5.26 Å². The Morgan fingerprint density at radius 3 is 2.57 bits per heavy atom. The van der Waals surface area contributed by atoms with Crippen LogP contribution in [0.2, 0.25) is 0 Å². The van der Waals surface area contributed by atoms with Crippen LogP contribution in [0, 0.1) is 11.3 Å². The molecule has 1 aromatic rings. The van der Waals surface area contributed by atoms with E-state index in [0.29, 0.717) is 0 Å². The molecule has 14 heavy (non-hydrogen) atoms. The molecule has 0 aromatic heterocycles. The molecule has 0 aliphatic heterocycles. The number of esters is 1. The Balaban J connectivity index is 2.97. The number of hydrogen-bond donors (Lipinski definition) is 0. The normalized spacial score (nSPS) is 10.4. The summed E-state index contributed by atoms with van der Waals surface area (Å²) in [5.74, 6) is -0.614. The van der Waals surface area contributed by atoms with E-state index in [4.69, 9.17) is 5.26 Å². The van der Waals surface area contributed by atoms with Gasteiger partial charge in [0.15, 0.2) is 0 Å². The van der Waals surface area contributed by atoms with Gasteiger partial charge in [-0.3, -0.25) is 0 Å². The van der Waals surface area contributed by atoms with Crippen molar-refractivity contribution < 1.29 is 9.53 Å². The summed E-state index contributed by atoms with van der Waals surface area (Å²) in [6, 6.07) is 10.9. The van der Waals surface area contributed by atoms with Crippen molar-refractivity contribution in [1.29, 1.82) is 5.26 Å². The standard InChI is InChI=1S/C11H9NO2/c1-14-11(13)10(8-12)7-9-5-3-2-4-6-9/h2-7H,1H3/b10-7-. The van der Waals surface area contributed by atoms with Crippen LogP contribution in [0.1, 0.15) is 5.56 Å². The zero-order valence-corrected chi connectivity index (χ0v) is 7.73. The lowest BCUT2D eigenvalue weighted by atomic mass is 10.1. The maximum absolute atomic E-state index is 11.0. The van der Waals surface area contributed by atoms with E-state index < -0.39 is 5.97 Å². The summed E-state index contributed by atoms with van der Waals surface area (Å²) in [7, 11) is 1.25. The summed E-state index contributed by atoms with van der Waals surface area (Å²) >= 11 is 0. The molecule has 0 amide bonds. The fraction of sp³-hybridized carbons (Fsp3) is 0.0909. The van der Waals surface area contributed by atoms with Crippen molar-refractivity contribution in [2.75, 3.05) is 7.11 Å². The lowest BCUT2D eigenvalue weighted by Gasteiger charge is -1.96. The fourth-order valence-corrected chi connectivity index (χ4v) is 0.963. The Morgan fingerprint density at radius 1 is 1.43 bits per heavy atom. The van der Waals surface area contributed by atoms with Crippen LogP contribution in [0.25, 0.3) is 6.08 Å². The van der Waals surface area contributed by atoms with Crippen molar-refractivity contribution in [2.24, 2.45) is 0 Å². The molecule has 1 aromatic carbocycles. The van der Waals surface area contributed by atoms with E-state index in [1.165, 1.54) is 13.2 Å². The van der Waals surface area contributed by atoms with Gasteiger partial charge in [0, 0.05) is 0 Å². The third-order valence-corrected chi connectivity index (χ3v) is 1.64. The molecule has 0 fully saturated rings. The Bertz CT molecular complexity index is 387. The summed E-state index contributed by atoms with van der Waals surface area (Å²) in [5.41, 5.74) is 0.799. The summed E-state index contributed by atoms with van der Waals surface area (Å²) < 4.78 is 4.45. The van der Waals surface area contributed by atoms with E-state index in [0.717, 1.165) is 5.56 Å². The second-order valence-electron chi connectivity index (χ2n) is 2.57. The third-order valence-electron chi connectivity index (χ3n) is 1.64. The number of nitriles is 1. The van der Waals surface area contributed by atoms with Gasteiger partial charge in [-0.05, 0) is 11.6 Å². The minimum atomic E-state index is -0.614. The first-order chi connectivity index (χ1) is 6.77. The highest BCUT2D eigenvalue weighted by Gasteiger charge is 2.07. The molecule has 0 unspecified atom stereocenters. The predicted octanol–water partition coefficient (Wildman–Crippen LogP) is 1.77. The van der Waals surface area contributed by atoms with Gasteiger partial charge >= 0.3 is 5.97 Å². The molecule has 3 nitrogen and oxygen atoms in total. The predicted molar refractivity (Wildman–Crippen MR) is 52.0 cm³/mol. The van der Waals surface area contributed by atoms with Gasteiger partial charge in [-0.15, -0.1) is 0 Å². The summed E-state index contributed by atoms with van der Waals surface area (Å²) in [6.07, 6.45) is 1.49.